The fourth-order valence-corrected chi connectivity index (χ4v) is 1.27. The van der Waals surface area contributed by atoms with Crippen LogP contribution in [0.1, 0.15) is 12.8 Å². The smallest absolute Gasteiger partial charge is 0.407 e. The minimum Gasteiger partial charge on any atom is -0.446 e. The van der Waals surface area contributed by atoms with Gasteiger partial charge >= 0.3 is 6.09 Å². The second-order valence-electron chi connectivity index (χ2n) is 3.13. The van der Waals surface area contributed by atoms with E-state index in [-0.39, 0.29) is 6.10 Å². The number of ether oxygens (including phenoxy) is 1. The van der Waals surface area contributed by atoms with Gasteiger partial charge in [0.15, 0.2) is 0 Å². The van der Waals surface area contributed by atoms with Crippen LogP contribution >= 0.6 is 0 Å². The number of carbonyl (C=O) groups is 1. The van der Waals surface area contributed by atoms with Gasteiger partial charge in [0, 0.05) is 0 Å². The van der Waals surface area contributed by atoms with E-state index in [1.165, 1.54) is 0 Å². The highest BCUT2D eigenvalue weighted by Crippen LogP contribution is 2.06. The number of rotatable bonds is 3. The lowest BCUT2D eigenvalue weighted by molar-refractivity contribution is 0.0719. The van der Waals surface area contributed by atoms with E-state index < -0.39 is 19.1 Å². The van der Waals surface area contributed by atoms with E-state index in [1.54, 1.807) is 0 Å². The van der Waals surface area contributed by atoms with Gasteiger partial charge in [-0.2, -0.15) is 0 Å². The second kappa shape index (κ2) is 5.74. The van der Waals surface area contributed by atoms with Gasteiger partial charge in [0.1, 0.15) is 6.10 Å². The Morgan fingerprint density at radius 3 is 2.71 bits per heavy atom. The van der Waals surface area contributed by atoms with Crippen molar-refractivity contribution in [2.45, 2.75) is 25.4 Å². The molecule has 1 heterocycles. The first-order chi connectivity index (χ1) is 6.68. The lowest BCUT2D eigenvalue weighted by atomic mass is 10.1. The molecule has 0 spiro atoms. The highest BCUT2D eigenvalue weighted by Gasteiger charge is 2.17. The average molecular weight is 208 g/mol. The summed E-state index contributed by atoms with van der Waals surface area (Å²) in [6.45, 7) is 0.948. The topological polar surface area (TPSA) is 50.4 Å². The van der Waals surface area contributed by atoms with E-state index in [9.17, 15) is 13.6 Å². The SMILES string of the molecule is O=C(NCC(F)F)OC1CCNCC1. The zero-order chi connectivity index (χ0) is 10.4. The summed E-state index contributed by atoms with van der Waals surface area (Å²) >= 11 is 0. The van der Waals surface area contributed by atoms with Crippen molar-refractivity contribution in [3.05, 3.63) is 0 Å². The van der Waals surface area contributed by atoms with E-state index in [4.69, 9.17) is 4.74 Å². The summed E-state index contributed by atoms with van der Waals surface area (Å²) in [5.41, 5.74) is 0. The monoisotopic (exact) mass is 208 g/mol. The van der Waals surface area contributed by atoms with Gasteiger partial charge in [-0.25, -0.2) is 13.6 Å². The van der Waals surface area contributed by atoms with Crippen LogP contribution < -0.4 is 10.6 Å². The summed E-state index contributed by atoms with van der Waals surface area (Å²) in [5, 5.41) is 5.10. The van der Waals surface area contributed by atoms with Crippen LogP contribution in [-0.4, -0.2) is 38.3 Å². The Bertz CT molecular complexity index is 184. The van der Waals surface area contributed by atoms with Gasteiger partial charge in [-0.15, -0.1) is 0 Å². The first-order valence-electron chi connectivity index (χ1n) is 4.62. The number of hydrogen-bond donors (Lipinski definition) is 2. The van der Waals surface area contributed by atoms with Crippen LogP contribution in [-0.2, 0) is 4.74 Å². The molecule has 0 aromatic heterocycles. The van der Waals surface area contributed by atoms with E-state index in [0.29, 0.717) is 0 Å². The number of hydrogen-bond acceptors (Lipinski definition) is 3. The first kappa shape index (κ1) is 11.2. The first-order valence-corrected chi connectivity index (χ1v) is 4.62. The Morgan fingerprint density at radius 2 is 2.14 bits per heavy atom. The summed E-state index contributed by atoms with van der Waals surface area (Å²) in [5.74, 6) is 0. The van der Waals surface area contributed by atoms with Gasteiger partial charge in [0.25, 0.3) is 6.43 Å². The minimum atomic E-state index is -2.53. The van der Waals surface area contributed by atoms with Crippen molar-refractivity contribution in [3.63, 3.8) is 0 Å². The summed E-state index contributed by atoms with van der Waals surface area (Å²) in [6, 6.07) is 0. The third-order valence-corrected chi connectivity index (χ3v) is 1.96. The van der Waals surface area contributed by atoms with Crippen molar-refractivity contribution < 1.29 is 18.3 Å². The van der Waals surface area contributed by atoms with Crippen LogP contribution in [0.15, 0.2) is 0 Å². The molecular weight excluding hydrogens is 194 g/mol. The summed E-state index contributed by atoms with van der Waals surface area (Å²) in [4.78, 5) is 10.9. The van der Waals surface area contributed by atoms with Crippen LogP contribution in [0.3, 0.4) is 0 Å². The summed E-state index contributed by atoms with van der Waals surface area (Å²) < 4.78 is 28.3. The van der Waals surface area contributed by atoms with E-state index in [2.05, 4.69) is 5.32 Å². The van der Waals surface area contributed by atoms with E-state index >= 15 is 0 Å². The number of halogens is 2. The summed E-state index contributed by atoms with van der Waals surface area (Å²) in [6.07, 6.45) is -1.95. The molecule has 0 radical (unpaired) electrons. The van der Waals surface area contributed by atoms with E-state index in [0.717, 1.165) is 25.9 Å². The molecule has 6 heteroatoms. The molecule has 1 fully saturated rings. The molecule has 4 nitrogen and oxygen atoms in total. The predicted octanol–water partition coefficient (Wildman–Crippen LogP) is 0.730. The molecule has 0 saturated carbocycles. The Balaban J connectivity index is 2.12. The Labute approximate surface area is 81.0 Å². The van der Waals surface area contributed by atoms with Crippen molar-refractivity contribution >= 4 is 6.09 Å². The lowest BCUT2D eigenvalue weighted by Gasteiger charge is -2.22. The normalized spacial score (nSPS) is 18.2. The molecular formula is C8H14F2N2O2. The van der Waals surface area contributed by atoms with Gasteiger partial charge in [0.2, 0.25) is 0 Å². The van der Waals surface area contributed by atoms with Crippen molar-refractivity contribution in [2.24, 2.45) is 0 Å². The molecule has 0 atom stereocenters. The molecule has 82 valence electrons. The highest BCUT2D eigenvalue weighted by atomic mass is 19.3. The molecule has 1 amide bonds. The molecule has 14 heavy (non-hydrogen) atoms. The van der Waals surface area contributed by atoms with E-state index in [1.807, 2.05) is 5.32 Å². The standard InChI is InChI=1S/C8H14F2N2O2/c9-7(10)5-12-8(13)14-6-1-3-11-4-2-6/h6-7,11H,1-5H2,(H,12,13). The minimum absolute atomic E-state index is 0.145. The van der Waals surface area contributed by atoms with Crippen molar-refractivity contribution in [2.75, 3.05) is 19.6 Å². The van der Waals surface area contributed by atoms with Crippen LogP contribution in [0.5, 0.6) is 0 Å². The van der Waals surface area contributed by atoms with Crippen LogP contribution in [0.25, 0.3) is 0 Å². The van der Waals surface area contributed by atoms with Crippen molar-refractivity contribution in [3.8, 4) is 0 Å². The van der Waals surface area contributed by atoms with Crippen LogP contribution in [0.2, 0.25) is 0 Å². The largest absolute Gasteiger partial charge is 0.446 e. The van der Waals surface area contributed by atoms with Gasteiger partial charge < -0.3 is 15.4 Å². The molecule has 1 saturated heterocycles. The van der Waals surface area contributed by atoms with Crippen LogP contribution in [0.4, 0.5) is 13.6 Å². The number of alkyl halides is 2. The molecule has 0 bridgehead atoms. The molecule has 2 N–H and O–H groups in total. The maximum Gasteiger partial charge on any atom is 0.407 e. The second-order valence-corrected chi connectivity index (χ2v) is 3.13. The highest BCUT2D eigenvalue weighted by molar-refractivity contribution is 5.67. The molecule has 0 aromatic rings. The van der Waals surface area contributed by atoms with Crippen molar-refractivity contribution in [1.29, 1.82) is 0 Å². The number of nitrogens with one attached hydrogen (secondary N) is 2. The third kappa shape index (κ3) is 4.36. The van der Waals surface area contributed by atoms with Crippen molar-refractivity contribution in [1.82, 2.24) is 10.6 Å². The fourth-order valence-electron chi connectivity index (χ4n) is 1.27. The summed E-state index contributed by atoms with van der Waals surface area (Å²) in [7, 11) is 0. The Kier molecular flexibility index (Phi) is 4.58. The number of piperidine rings is 1. The van der Waals surface area contributed by atoms with Gasteiger partial charge in [0.05, 0.1) is 6.54 Å². The maximum absolute atomic E-state index is 11.7. The lowest BCUT2D eigenvalue weighted by Crippen LogP contribution is -2.37. The number of amides is 1. The quantitative estimate of drug-likeness (QED) is 0.718. The molecule has 0 unspecified atom stereocenters. The number of alkyl carbamates (subject to hydrolysis) is 1. The Morgan fingerprint density at radius 1 is 1.50 bits per heavy atom. The predicted molar refractivity (Wildman–Crippen MR) is 46.4 cm³/mol. The molecule has 0 aliphatic carbocycles. The van der Waals surface area contributed by atoms with Gasteiger partial charge in [-0.05, 0) is 25.9 Å². The van der Waals surface area contributed by atoms with Gasteiger partial charge in [-0.1, -0.05) is 0 Å². The van der Waals surface area contributed by atoms with Crippen LogP contribution in [0, 0.1) is 0 Å². The molecule has 0 aromatic carbocycles. The zero-order valence-corrected chi connectivity index (χ0v) is 7.76. The maximum atomic E-state index is 11.7. The molecule has 1 rings (SSSR count). The molecule has 1 aliphatic rings. The fraction of sp³-hybridized carbons (Fsp3) is 0.875. The van der Waals surface area contributed by atoms with Gasteiger partial charge in [-0.3, -0.25) is 0 Å². The number of carbonyl (C=O) groups excluding carboxylic acids is 1. The third-order valence-electron chi connectivity index (χ3n) is 1.96. The molecule has 1 aliphatic heterocycles. The zero-order valence-electron chi connectivity index (χ0n) is 7.76. The Hall–Kier alpha value is -0.910. The average Bonchev–Trinajstić information content (AvgIpc) is 2.16.